The molecule has 0 radical (unpaired) electrons. The highest BCUT2D eigenvalue weighted by Crippen LogP contribution is 2.29. The van der Waals surface area contributed by atoms with E-state index in [-0.39, 0.29) is 12.5 Å². The first-order valence-electron chi connectivity index (χ1n) is 7.67. The second kappa shape index (κ2) is 8.10. The summed E-state index contributed by atoms with van der Waals surface area (Å²) in [6.45, 7) is 1.96. The largest absolute Gasteiger partial charge is 0.496 e. The van der Waals surface area contributed by atoms with Gasteiger partial charge in [0.05, 0.1) is 12.8 Å². The first-order chi connectivity index (χ1) is 11.6. The maximum atomic E-state index is 12.7. The Balaban J connectivity index is 2.40. The zero-order valence-electron chi connectivity index (χ0n) is 13.7. The molecule has 1 heterocycles. The number of methoxy groups -OCH3 is 1. The molecular weight excluding hydrogens is 308 g/mol. The monoisotopic (exact) mass is 328 g/mol. The topological polar surface area (TPSA) is 79.7 Å². The molecule has 0 spiro atoms. The van der Waals surface area contributed by atoms with E-state index in [0.29, 0.717) is 35.5 Å². The van der Waals surface area contributed by atoms with Crippen molar-refractivity contribution in [3.8, 4) is 17.0 Å². The lowest BCUT2D eigenvalue weighted by atomic mass is 10.0. The van der Waals surface area contributed by atoms with E-state index in [4.69, 9.17) is 9.84 Å². The minimum atomic E-state index is -1.03. The van der Waals surface area contributed by atoms with Gasteiger partial charge in [0.25, 0.3) is 5.91 Å². The van der Waals surface area contributed by atoms with Crippen molar-refractivity contribution in [2.45, 2.75) is 13.3 Å². The van der Waals surface area contributed by atoms with Crippen LogP contribution in [0.2, 0.25) is 0 Å². The number of rotatable bonds is 7. The van der Waals surface area contributed by atoms with E-state index in [9.17, 15) is 9.59 Å². The molecule has 1 aromatic carbocycles. The van der Waals surface area contributed by atoms with E-state index >= 15 is 0 Å². The summed E-state index contributed by atoms with van der Waals surface area (Å²) in [7, 11) is 1.55. The van der Waals surface area contributed by atoms with Gasteiger partial charge in [0.2, 0.25) is 0 Å². The molecule has 1 N–H and O–H groups in total. The summed E-state index contributed by atoms with van der Waals surface area (Å²) in [6, 6.07) is 10.5. The molecule has 24 heavy (non-hydrogen) atoms. The third-order valence-corrected chi connectivity index (χ3v) is 3.49. The van der Waals surface area contributed by atoms with E-state index in [1.54, 1.807) is 37.6 Å². The maximum absolute atomic E-state index is 12.7. The molecule has 0 fully saturated rings. The number of nitrogens with zero attached hydrogens (tertiary/aromatic N) is 2. The summed E-state index contributed by atoms with van der Waals surface area (Å²) >= 11 is 0. The van der Waals surface area contributed by atoms with Crippen molar-refractivity contribution in [1.29, 1.82) is 0 Å². The van der Waals surface area contributed by atoms with Crippen LogP contribution in [0.25, 0.3) is 11.3 Å². The Morgan fingerprint density at radius 1 is 1.25 bits per heavy atom. The molecule has 0 atom stereocenters. The summed E-state index contributed by atoms with van der Waals surface area (Å²) in [5, 5.41) is 9.00. The quantitative estimate of drug-likeness (QED) is 0.845. The minimum Gasteiger partial charge on any atom is -0.496 e. The molecule has 0 aliphatic heterocycles. The van der Waals surface area contributed by atoms with Crippen LogP contribution in [0.5, 0.6) is 5.75 Å². The van der Waals surface area contributed by atoms with Crippen molar-refractivity contribution in [2.24, 2.45) is 0 Å². The first-order valence-corrected chi connectivity index (χ1v) is 7.67. The lowest BCUT2D eigenvalue weighted by molar-refractivity contribution is -0.137. The summed E-state index contributed by atoms with van der Waals surface area (Å²) in [4.78, 5) is 29.3. The summed E-state index contributed by atoms with van der Waals surface area (Å²) in [5.74, 6) is -0.750. The Bertz CT molecular complexity index is 716. The summed E-state index contributed by atoms with van der Waals surface area (Å²) in [6.07, 6.45) is 2.35. The third kappa shape index (κ3) is 4.10. The highest BCUT2D eigenvalue weighted by Gasteiger charge is 2.19. The number of amides is 1. The maximum Gasteiger partial charge on any atom is 0.323 e. The number of aromatic nitrogens is 1. The number of carbonyl (C=O) groups is 2. The van der Waals surface area contributed by atoms with Crippen molar-refractivity contribution in [2.75, 3.05) is 20.2 Å². The van der Waals surface area contributed by atoms with Crippen LogP contribution in [0.15, 0.2) is 42.6 Å². The SMILES string of the molecule is CCCN(CC(=O)O)C(=O)c1ccc(OC)c(-c2ccccn2)c1. The molecule has 1 amide bonds. The Morgan fingerprint density at radius 2 is 2.04 bits per heavy atom. The minimum absolute atomic E-state index is 0.320. The molecule has 0 aliphatic rings. The molecule has 0 saturated heterocycles. The van der Waals surface area contributed by atoms with Gasteiger partial charge in [0, 0.05) is 23.9 Å². The molecular formula is C18H20N2O4. The zero-order chi connectivity index (χ0) is 17.5. The van der Waals surface area contributed by atoms with E-state index < -0.39 is 5.97 Å². The number of carboxylic acids is 1. The molecule has 6 heteroatoms. The fraction of sp³-hybridized carbons (Fsp3) is 0.278. The average Bonchev–Trinajstić information content (AvgIpc) is 2.60. The Kier molecular flexibility index (Phi) is 5.89. The normalized spacial score (nSPS) is 10.2. The van der Waals surface area contributed by atoms with Crippen molar-refractivity contribution in [3.05, 3.63) is 48.2 Å². The van der Waals surface area contributed by atoms with Crippen LogP contribution in [-0.4, -0.2) is 47.1 Å². The third-order valence-electron chi connectivity index (χ3n) is 3.49. The first kappa shape index (κ1) is 17.5. The number of carbonyl (C=O) groups excluding carboxylic acids is 1. The molecule has 126 valence electrons. The van der Waals surface area contributed by atoms with Crippen molar-refractivity contribution in [1.82, 2.24) is 9.88 Å². The van der Waals surface area contributed by atoms with E-state index in [2.05, 4.69) is 4.98 Å². The predicted octanol–water partition coefficient (Wildman–Crippen LogP) is 2.69. The molecule has 1 aromatic heterocycles. The van der Waals surface area contributed by atoms with Crippen molar-refractivity contribution < 1.29 is 19.4 Å². The van der Waals surface area contributed by atoms with Gasteiger partial charge in [-0.1, -0.05) is 13.0 Å². The number of pyridine rings is 1. The molecule has 0 unspecified atom stereocenters. The van der Waals surface area contributed by atoms with Crippen LogP contribution < -0.4 is 4.74 Å². The molecule has 0 saturated carbocycles. The van der Waals surface area contributed by atoms with Crippen molar-refractivity contribution in [3.63, 3.8) is 0 Å². The van der Waals surface area contributed by atoms with Gasteiger partial charge in [-0.25, -0.2) is 0 Å². The lowest BCUT2D eigenvalue weighted by Gasteiger charge is -2.20. The van der Waals surface area contributed by atoms with Crippen LogP contribution in [-0.2, 0) is 4.79 Å². The molecule has 0 bridgehead atoms. The van der Waals surface area contributed by atoms with Gasteiger partial charge in [0.1, 0.15) is 12.3 Å². The number of carboxylic acid groups (broad SMARTS) is 1. The van der Waals surface area contributed by atoms with Gasteiger partial charge in [-0.3, -0.25) is 14.6 Å². The van der Waals surface area contributed by atoms with E-state index in [0.717, 1.165) is 0 Å². The highest BCUT2D eigenvalue weighted by molar-refractivity contribution is 5.97. The molecule has 2 rings (SSSR count). The standard InChI is InChI=1S/C18H20N2O4/c1-3-10-20(12-17(21)22)18(23)13-7-8-16(24-2)14(11-13)15-6-4-5-9-19-15/h4-9,11H,3,10,12H2,1-2H3,(H,21,22). The average molecular weight is 328 g/mol. The number of benzene rings is 1. The fourth-order valence-electron chi connectivity index (χ4n) is 2.43. The second-order valence-corrected chi connectivity index (χ2v) is 5.25. The predicted molar refractivity (Wildman–Crippen MR) is 90.1 cm³/mol. The zero-order valence-corrected chi connectivity index (χ0v) is 13.7. The smallest absolute Gasteiger partial charge is 0.323 e. The van der Waals surface area contributed by atoms with Gasteiger partial charge in [-0.05, 0) is 36.8 Å². The van der Waals surface area contributed by atoms with E-state index in [1.807, 2.05) is 19.1 Å². The Labute approximate surface area is 140 Å². The Hall–Kier alpha value is -2.89. The molecule has 2 aromatic rings. The molecule has 6 nitrogen and oxygen atoms in total. The number of ether oxygens (including phenoxy) is 1. The number of hydrogen-bond donors (Lipinski definition) is 1. The van der Waals surface area contributed by atoms with Gasteiger partial charge in [0.15, 0.2) is 0 Å². The van der Waals surface area contributed by atoms with Gasteiger partial charge >= 0.3 is 5.97 Å². The van der Waals surface area contributed by atoms with E-state index in [1.165, 1.54) is 4.90 Å². The molecule has 0 aliphatic carbocycles. The highest BCUT2D eigenvalue weighted by atomic mass is 16.5. The second-order valence-electron chi connectivity index (χ2n) is 5.25. The summed E-state index contributed by atoms with van der Waals surface area (Å²) < 4.78 is 5.35. The van der Waals surface area contributed by atoms with Gasteiger partial charge in [-0.2, -0.15) is 0 Å². The van der Waals surface area contributed by atoms with Crippen LogP contribution in [0.3, 0.4) is 0 Å². The number of aliphatic carboxylic acids is 1. The number of hydrogen-bond acceptors (Lipinski definition) is 4. The van der Waals surface area contributed by atoms with Crippen LogP contribution >= 0.6 is 0 Å². The summed E-state index contributed by atoms with van der Waals surface area (Å²) in [5.41, 5.74) is 1.78. The lowest BCUT2D eigenvalue weighted by Crippen LogP contribution is -2.36. The van der Waals surface area contributed by atoms with Gasteiger partial charge in [-0.15, -0.1) is 0 Å². The van der Waals surface area contributed by atoms with Crippen LogP contribution in [0.4, 0.5) is 0 Å². The van der Waals surface area contributed by atoms with Gasteiger partial charge < -0.3 is 14.7 Å². The van der Waals surface area contributed by atoms with Crippen LogP contribution in [0, 0.1) is 0 Å². The van der Waals surface area contributed by atoms with Crippen LogP contribution in [0.1, 0.15) is 23.7 Å². The fourth-order valence-corrected chi connectivity index (χ4v) is 2.43. The Morgan fingerprint density at radius 3 is 2.62 bits per heavy atom. The van der Waals surface area contributed by atoms with Crippen molar-refractivity contribution >= 4 is 11.9 Å².